The van der Waals surface area contributed by atoms with Gasteiger partial charge in [0.15, 0.2) is 5.96 Å². The fraction of sp³-hybridized carbons (Fsp3) is 0.933. The van der Waals surface area contributed by atoms with Crippen molar-refractivity contribution in [1.82, 2.24) is 9.80 Å². The third-order valence-corrected chi connectivity index (χ3v) is 4.23. The fourth-order valence-corrected chi connectivity index (χ4v) is 3.17. The molecule has 0 bridgehead atoms. The number of nitrogens with zero attached hydrogens (tertiary/aromatic N) is 3. The number of rotatable bonds is 3. The van der Waals surface area contributed by atoms with Crippen molar-refractivity contribution in [1.29, 1.82) is 0 Å². The summed E-state index contributed by atoms with van der Waals surface area (Å²) in [7, 11) is 0. The lowest BCUT2D eigenvalue weighted by atomic mass is 9.84. The summed E-state index contributed by atoms with van der Waals surface area (Å²) in [6.45, 7) is 13.4. The minimum Gasteiger partial charge on any atom is -0.375 e. The Morgan fingerprint density at radius 1 is 1.40 bits per heavy atom. The number of nitrogens with two attached hydrogens (primary N) is 1. The van der Waals surface area contributed by atoms with E-state index in [9.17, 15) is 0 Å². The van der Waals surface area contributed by atoms with Gasteiger partial charge in [-0.05, 0) is 31.7 Å². The van der Waals surface area contributed by atoms with Crippen LogP contribution in [0.3, 0.4) is 0 Å². The van der Waals surface area contributed by atoms with Gasteiger partial charge in [-0.3, -0.25) is 4.99 Å². The molecule has 2 rings (SSSR count). The highest BCUT2D eigenvalue weighted by molar-refractivity contribution is 5.78. The molecule has 2 fully saturated rings. The highest BCUT2D eigenvalue weighted by atomic mass is 16.5. The van der Waals surface area contributed by atoms with Crippen LogP contribution in [0.4, 0.5) is 0 Å². The average Bonchev–Trinajstić information content (AvgIpc) is 2.37. The Kier molecular flexibility index (Phi) is 5.27. The average molecular weight is 282 g/mol. The summed E-state index contributed by atoms with van der Waals surface area (Å²) in [4.78, 5) is 9.20. The zero-order valence-corrected chi connectivity index (χ0v) is 13.3. The minimum absolute atomic E-state index is 0.250. The van der Waals surface area contributed by atoms with Crippen LogP contribution in [-0.4, -0.2) is 67.7 Å². The van der Waals surface area contributed by atoms with E-state index in [4.69, 9.17) is 10.5 Å². The molecular weight excluding hydrogens is 252 g/mol. The van der Waals surface area contributed by atoms with Crippen molar-refractivity contribution in [2.45, 2.75) is 39.7 Å². The topological polar surface area (TPSA) is 54.1 Å². The standard InChI is InChI=1S/C15H30N4O/c1-13-11-19(9-10-20-13)14(16)17-6-8-18-7-4-5-15(2,3)12-18/h13H,4-12H2,1-3H3,(H2,16,17). The zero-order chi connectivity index (χ0) is 14.6. The summed E-state index contributed by atoms with van der Waals surface area (Å²) in [6.07, 6.45) is 2.88. The minimum atomic E-state index is 0.250. The van der Waals surface area contributed by atoms with Crippen LogP contribution in [-0.2, 0) is 4.74 Å². The first kappa shape index (κ1) is 15.6. The van der Waals surface area contributed by atoms with Gasteiger partial charge in [0.05, 0.1) is 19.3 Å². The van der Waals surface area contributed by atoms with Crippen LogP contribution in [0.25, 0.3) is 0 Å². The van der Waals surface area contributed by atoms with E-state index in [-0.39, 0.29) is 6.10 Å². The molecule has 20 heavy (non-hydrogen) atoms. The number of aliphatic imine (C=N–C) groups is 1. The van der Waals surface area contributed by atoms with Gasteiger partial charge < -0.3 is 20.3 Å². The molecule has 116 valence electrons. The molecule has 5 heteroatoms. The first-order chi connectivity index (χ1) is 9.46. The second-order valence-corrected chi connectivity index (χ2v) is 6.91. The highest BCUT2D eigenvalue weighted by Gasteiger charge is 2.25. The van der Waals surface area contributed by atoms with Gasteiger partial charge in [-0.1, -0.05) is 13.8 Å². The molecule has 1 atom stereocenters. The Balaban J connectivity index is 1.74. The molecule has 2 heterocycles. The number of likely N-dealkylation sites (tertiary alicyclic amines) is 1. The molecule has 0 aromatic heterocycles. The molecule has 0 saturated carbocycles. The largest absolute Gasteiger partial charge is 0.375 e. The van der Waals surface area contributed by atoms with Gasteiger partial charge in [-0.2, -0.15) is 0 Å². The van der Waals surface area contributed by atoms with Crippen molar-refractivity contribution < 1.29 is 4.74 Å². The second-order valence-electron chi connectivity index (χ2n) is 6.91. The van der Waals surface area contributed by atoms with Crippen LogP contribution in [0, 0.1) is 5.41 Å². The first-order valence-corrected chi connectivity index (χ1v) is 7.85. The Bertz CT molecular complexity index is 343. The molecule has 0 amide bonds. The maximum Gasteiger partial charge on any atom is 0.191 e. The predicted molar refractivity (Wildman–Crippen MR) is 82.9 cm³/mol. The van der Waals surface area contributed by atoms with Gasteiger partial charge in [0.2, 0.25) is 0 Å². The van der Waals surface area contributed by atoms with E-state index in [1.165, 1.54) is 25.9 Å². The fourth-order valence-electron chi connectivity index (χ4n) is 3.17. The van der Waals surface area contributed by atoms with Crippen molar-refractivity contribution in [2.24, 2.45) is 16.1 Å². The number of hydrogen-bond acceptors (Lipinski definition) is 3. The third-order valence-electron chi connectivity index (χ3n) is 4.23. The molecule has 0 aromatic carbocycles. The number of hydrogen-bond donors (Lipinski definition) is 1. The van der Waals surface area contributed by atoms with E-state index >= 15 is 0 Å². The van der Waals surface area contributed by atoms with Crippen LogP contribution in [0.5, 0.6) is 0 Å². The summed E-state index contributed by atoms with van der Waals surface area (Å²) in [5, 5.41) is 0. The molecule has 2 aliphatic rings. The SMILES string of the molecule is CC1CN(C(N)=NCCN2CCCC(C)(C)C2)CCO1. The van der Waals surface area contributed by atoms with Crippen molar-refractivity contribution in [2.75, 3.05) is 45.9 Å². The molecule has 5 nitrogen and oxygen atoms in total. The van der Waals surface area contributed by atoms with Crippen LogP contribution in [0.15, 0.2) is 4.99 Å². The van der Waals surface area contributed by atoms with Gasteiger partial charge >= 0.3 is 0 Å². The van der Waals surface area contributed by atoms with Gasteiger partial charge in [0, 0.05) is 26.2 Å². The molecule has 0 aromatic rings. The lowest BCUT2D eigenvalue weighted by Gasteiger charge is -2.37. The van der Waals surface area contributed by atoms with E-state index in [0.717, 1.165) is 32.8 Å². The lowest BCUT2D eigenvalue weighted by molar-refractivity contribution is 0.00527. The zero-order valence-electron chi connectivity index (χ0n) is 13.3. The van der Waals surface area contributed by atoms with Crippen LogP contribution in [0.2, 0.25) is 0 Å². The van der Waals surface area contributed by atoms with Crippen molar-refractivity contribution in [3.05, 3.63) is 0 Å². The maximum absolute atomic E-state index is 6.08. The number of piperidine rings is 1. The van der Waals surface area contributed by atoms with E-state index in [1.807, 2.05) is 0 Å². The highest BCUT2D eigenvalue weighted by Crippen LogP contribution is 2.27. The predicted octanol–water partition coefficient (Wildman–Crippen LogP) is 1.14. The van der Waals surface area contributed by atoms with Gasteiger partial charge in [-0.15, -0.1) is 0 Å². The van der Waals surface area contributed by atoms with Crippen LogP contribution >= 0.6 is 0 Å². The lowest BCUT2D eigenvalue weighted by Crippen LogP contribution is -2.48. The molecule has 0 spiro atoms. The molecule has 2 N–H and O–H groups in total. The van der Waals surface area contributed by atoms with E-state index in [1.54, 1.807) is 0 Å². The summed E-state index contributed by atoms with van der Waals surface area (Å²) in [5.41, 5.74) is 6.53. The summed E-state index contributed by atoms with van der Waals surface area (Å²) < 4.78 is 5.52. The number of morpholine rings is 1. The summed E-state index contributed by atoms with van der Waals surface area (Å²) in [6, 6.07) is 0. The molecule has 2 aliphatic heterocycles. The molecule has 0 radical (unpaired) electrons. The number of guanidine groups is 1. The Labute approximate surface area is 123 Å². The Morgan fingerprint density at radius 2 is 2.20 bits per heavy atom. The van der Waals surface area contributed by atoms with Crippen molar-refractivity contribution in [3.63, 3.8) is 0 Å². The second kappa shape index (κ2) is 6.76. The summed E-state index contributed by atoms with van der Waals surface area (Å²) in [5.74, 6) is 0.677. The number of ether oxygens (including phenoxy) is 1. The van der Waals surface area contributed by atoms with Crippen molar-refractivity contribution >= 4 is 5.96 Å². The molecule has 1 unspecified atom stereocenters. The quantitative estimate of drug-likeness (QED) is 0.623. The van der Waals surface area contributed by atoms with Gasteiger partial charge in [-0.25, -0.2) is 0 Å². The summed E-state index contributed by atoms with van der Waals surface area (Å²) >= 11 is 0. The van der Waals surface area contributed by atoms with Gasteiger partial charge in [0.1, 0.15) is 0 Å². The first-order valence-electron chi connectivity index (χ1n) is 7.85. The molecular formula is C15H30N4O. The normalized spacial score (nSPS) is 28.6. The maximum atomic E-state index is 6.08. The van der Waals surface area contributed by atoms with E-state index < -0.39 is 0 Å². The van der Waals surface area contributed by atoms with Crippen LogP contribution in [0.1, 0.15) is 33.6 Å². The van der Waals surface area contributed by atoms with Crippen molar-refractivity contribution in [3.8, 4) is 0 Å². The molecule has 0 aliphatic carbocycles. The Hall–Kier alpha value is -0.810. The Morgan fingerprint density at radius 3 is 2.90 bits per heavy atom. The van der Waals surface area contributed by atoms with Crippen LogP contribution < -0.4 is 5.73 Å². The smallest absolute Gasteiger partial charge is 0.191 e. The van der Waals surface area contributed by atoms with E-state index in [2.05, 4.69) is 35.6 Å². The molecule has 2 saturated heterocycles. The van der Waals surface area contributed by atoms with E-state index in [0.29, 0.717) is 11.4 Å². The third kappa shape index (κ3) is 4.63. The van der Waals surface area contributed by atoms with Gasteiger partial charge in [0.25, 0.3) is 0 Å². The monoisotopic (exact) mass is 282 g/mol.